The Hall–Kier alpha value is -0.400. The van der Waals surface area contributed by atoms with E-state index in [1.165, 1.54) is 0 Å². The van der Waals surface area contributed by atoms with Gasteiger partial charge in [-0.3, -0.25) is 0 Å². The predicted octanol–water partition coefficient (Wildman–Crippen LogP) is -4.79. The van der Waals surface area contributed by atoms with E-state index in [9.17, 15) is 20.4 Å². The van der Waals surface area contributed by atoms with Crippen molar-refractivity contribution in [3.8, 4) is 0 Å². The highest BCUT2D eigenvalue weighted by Crippen LogP contribution is 2.28. The quantitative estimate of drug-likeness (QED) is 0.267. The fourth-order valence-corrected chi connectivity index (χ4v) is 2.42. The average Bonchev–Trinajstić information content (AvgIpc) is 2.75. The molecule has 0 aromatic heterocycles. The molecule has 2 aliphatic rings. The van der Waals surface area contributed by atoms with E-state index in [1.807, 2.05) is 0 Å². The Morgan fingerprint density at radius 2 is 1.48 bits per heavy atom. The van der Waals surface area contributed by atoms with Crippen LogP contribution in [-0.4, -0.2) is 99.1 Å². The van der Waals surface area contributed by atoms with Crippen LogP contribution in [0.3, 0.4) is 0 Å². The van der Waals surface area contributed by atoms with E-state index in [0.29, 0.717) is 0 Å². The Labute approximate surface area is 120 Å². The van der Waals surface area contributed by atoms with Crippen LogP contribution < -0.4 is 5.73 Å². The van der Waals surface area contributed by atoms with Crippen LogP contribution in [0.4, 0.5) is 0 Å². The molecule has 2 heterocycles. The van der Waals surface area contributed by atoms with Gasteiger partial charge in [-0.15, -0.1) is 0 Å². The van der Waals surface area contributed by atoms with Crippen molar-refractivity contribution in [1.29, 1.82) is 0 Å². The molecule has 0 aromatic rings. The SMILES string of the molecule is N[C@H]1[C@@H](O[C@H]2[C@@H](O)[C@H](O)O[C@@H]2CO)O[C@@H](CO)[C@@H](O)[C@@H]1O. The molecule has 2 fully saturated rings. The highest BCUT2D eigenvalue weighted by molar-refractivity contribution is 4.94. The monoisotopic (exact) mass is 311 g/mol. The van der Waals surface area contributed by atoms with Crippen LogP contribution in [0.15, 0.2) is 0 Å². The van der Waals surface area contributed by atoms with Crippen LogP contribution in [0.25, 0.3) is 0 Å². The fraction of sp³-hybridized carbons (Fsp3) is 1.00. The lowest BCUT2D eigenvalue weighted by atomic mass is 9.97. The number of aliphatic hydroxyl groups is 6. The van der Waals surface area contributed by atoms with Crippen molar-refractivity contribution in [2.24, 2.45) is 5.73 Å². The average molecular weight is 311 g/mol. The largest absolute Gasteiger partial charge is 0.394 e. The minimum atomic E-state index is -1.53. The third-order valence-electron chi connectivity index (χ3n) is 3.71. The molecular weight excluding hydrogens is 290 g/mol. The van der Waals surface area contributed by atoms with Gasteiger partial charge in [-0.1, -0.05) is 0 Å². The molecule has 0 saturated carbocycles. The lowest BCUT2D eigenvalue weighted by Crippen LogP contribution is -2.63. The van der Waals surface area contributed by atoms with E-state index < -0.39 is 68.5 Å². The summed E-state index contributed by atoms with van der Waals surface area (Å²) in [6, 6.07) is -1.15. The molecule has 21 heavy (non-hydrogen) atoms. The summed E-state index contributed by atoms with van der Waals surface area (Å²) in [5.41, 5.74) is 5.69. The summed E-state index contributed by atoms with van der Waals surface area (Å²) in [5.74, 6) is 0. The Kier molecular flexibility index (Phi) is 5.48. The lowest BCUT2D eigenvalue weighted by Gasteiger charge is -2.41. The van der Waals surface area contributed by atoms with Crippen LogP contribution in [0.2, 0.25) is 0 Å². The summed E-state index contributed by atoms with van der Waals surface area (Å²) in [6.45, 7) is -1.09. The zero-order chi connectivity index (χ0) is 15.7. The number of ether oxygens (including phenoxy) is 3. The van der Waals surface area contributed by atoms with Crippen LogP contribution >= 0.6 is 0 Å². The van der Waals surface area contributed by atoms with E-state index in [1.54, 1.807) is 0 Å². The third kappa shape index (κ3) is 3.19. The molecule has 10 heteroatoms. The van der Waals surface area contributed by atoms with Crippen molar-refractivity contribution in [3.63, 3.8) is 0 Å². The number of aliphatic hydroxyl groups excluding tert-OH is 6. The maximum absolute atomic E-state index is 9.79. The zero-order valence-electron chi connectivity index (χ0n) is 11.1. The molecule has 0 unspecified atom stereocenters. The van der Waals surface area contributed by atoms with Crippen LogP contribution in [0.5, 0.6) is 0 Å². The van der Waals surface area contributed by atoms with Gasteiger partial charge in [0.15, 0.2) is 12.6 Å². The van der Waals surface area contributed by atoms with Crippen LogP contribution in [-0.2, 0) is 14.2 Å². The van der Waals surface area contributed by atoms with Crippen molar-refractivity contribution in [2.75, 3.05) is 13.2 Å². The van der Waals surface area contributed by atoms with E-state index in [2.05, 4.69) is 0 Å². The van der Waals surface area contributed by atoms with Gasteiger partial charge in [0.25, 0.3) is 0 Å². The van der Waals surface area contributed by atoms with Crippen LogP contribution in [0, 0.1) is 0 Å². The molecule has 0 spiro atoms. The van der Waals surface area contributed by atoms with Gasteiger partial charge in [0, 0.05) is 0 Å². The van der Waals surface area contributed by atoms with Gasteiger partial charge in [0.2, 0.25) is 0 Å². The van der Waals surface area contributed by atoms with E-state index in [4.69, 9.17) is 30.2 Å². The van der Waals surface area contributed by atoms with Gasteiger partial charge in [0.05, 0.1) is 19.3 Å². The Balaban J connectivity index is 2.07. The Morgan fingerprint density at radius 1 is 0.857 bits per heavy atom. The summed E-state index contributed by atoms with van der Waals surface area (Å²) in [7, 11) is 0. The van der Waals surface area contributed by atoms with Crippen molar-refractivity contribution >= 4 is 0 Å². The fourth-order valence-electron chi connectivity index (χ4n) is 2.42. The molecule has 0 bridgehead atoms. The standard InChI is InChI=1S/C11H21NO9/c12-5-7(16)6(15)3(1-13)20-11(5)21-9-4(2-14)19-10(18)8(9)17/h3-11,13-18H,1-2,12H2/t3-,4+,5+,6+,7+,8+,9+,10+,11+/m0/s1. The number of rotatable bonds is 4. The van der Waals surface area contributed by atoms with E-state index in [0.717, 1.165) is 0 Å². The molecule has 10 nitrogen and oxygen atoms in total. The summed E-state index contributed by atoms with van der Waals surface area (Å²) >= 11 is 0. The minimum absolute atomic E-state index is 0.519. The van der Waals surface area contributed by atoms with Gasteiger partial charge < -0.3 is 50.6 Å². The number of hydrogen-bond acceptors (Lipinski definition) is 10. The third-order valence-corrected chi connectivity index (χ3v) is 3.71. The van der Waals surface area contributed by atoms with E-state index in [-0.39, 0.29) is 0 Å². The molecule has 2 saturated heterocycles. The summed E-state index contributed by atoms with van der Waals surface area (Å²) < 4.78 is 15.5. The summed E-state index contributed by atoms with van der Waals surface area (Å²) in [4.78, 5) is 0. The van der Waals surface area contributed by atoms with Crippen molar-refractivity contribution in [1.82, 2.24) is 0 Å². The molecule has 124 valence electrons. The molecule has 0 aliphatic carbocycles. The minimum Gasteiger partial charge on any atom is -0.394 e. The molecule has 0 amide bonds. The van der Waals surface area contributed by atoms with Gasteiger partial charge in [-0.2, -0.15) is 0 Å². The maximum Gasteiger partial charge on any atom is 0.184 e. The first kappa shape index (κ1) is 17.0. The highest BCUT2D eigenvalue weighted by Gasteiger charge is 2.49. The van der Waals surface area contributed by atoms with Crippen molar-refractivity contribution in [3.05, 3.63) is 0 Å². The first-order valence-electron chi connectivity index (χ1n) is 6.56. The summed E-state index contributed by atoms with van der Waals surface area (Å²) in [5, 5.41) is 56.8. The molecule has 0 aromatic carbocycles. The van der Waals surface area contributed by atoms with Gasteiger partial charge in [0.1, 0.15) is 36.6 Å². The first-order valence-corrected chi connectivity index (χ1v) is 6.56. The molecule has 9 atom stereocenters. The maximum atomic E-state index is 9.79. The molecule has 2 aliphatic heterocycles. The summed E-state index contributed by atoms with van der Waals surface area (Å²) in [6.07, 6.45) is -10.3. The smallest absolute Gasteiger partial charge is 0.184 e. The molecule has 8 N–H and O–H groups in total. The molecule has 0 radical (unpaired) electrons. The van der Waals surface area contributed by atoms with Crippen molar-refractivity contribution < 1.29 is 44.8 Å². The van der Waals surface area contributed by atoms with Crippen molar-refractivity contribution in [2.45, 2.75) is 55.2 Å². The Bertz CT molecular complexity index is 344. The number of nitrogens with two attached hydrogens (primary N) is 1. The van der Waals surface area contributed by atoms with Gasteiger partial charge >= 0.3 is 0 Å². The van der Waals surface area contributed by atoms with E-state index >= 15 is 0 Å². The Morgan fingerprint density at radius 3 is 2.05 bits per heavy atom. The second-order valence-electron chi connectivity index (χ2n) is 5.12. The first-order chi connectivity index (χ1) is 9.90. The molecular formula is C11H21NO9. The second-order valence-corrected chi connectivity index (χ2v) is 5.12. The highest BCUT2D eigenvalue weighted by atomic mass is 16.7. The molecule has 2 rings (SSSR count). The normalized spacial score (nSPS) is 51.3. The predicted molar refractivity (Wildman–Crippen MR) is 64.6 cm³/mol. The topological polar surface area (TPSA) is 175 Å². The van der Waals surface area contributed by atoms with Gasteiger partial charge in [-0.25, -0.2) is 0 Å². The van der Waals surface area contributed by atoms with Crippen LogP contribution in [0.1, 0.15) is 0 Å². The lowest BCUT2D eigenvalue weighted by molar-refractivity contribution is -0.286. The number of hydrogen-bond donors (Lipinski definition) is 7. The second kappa shape index (κ2) is 6.79. The van der Waals surface area contributed by atoms with Gasteiger partial charge in [-0.05, 0) is 0 Å². The zero-order valence-corrected chi connectivity index (χ0v) is 11.1.